The Morgan fingerprint density at radius 2 is 1.77 bits per heavy atom. The summed E-state index contributed by atoms with van der Waals surface area (Å²) in [7, 11) is 1.56. The van der Waals surface area contributed by atoms with Crippen LogP contribution in [0.2, 0.25) is 0 Å². The highest BCUT2D eigenvalue weighted by Gasteiger charge is 2.28. The lowest BCUT2D eigenvalue weighted by Gasteiger charge is -2.36. The molecule has 1 aliphatic carbocycles. The van der Waals surface area contributed by atoms with E-state index in [1.165, 1.54) is 6.20 Å². The fourth-order valence-corrected chi connectivity index (χ4v) is 4.42. The van der Waals surface area contributed by atoms with Crippen LogP contribution in [0.25, 0.3) is 10.9 Å². The molecule has 1 aromatic heterocycles. The number of carboxylic acids is 1. The number of aromatic nitrogens is 1. The zero-order valence-electron chi connectivity index (χ0n) is 19.2. The van der Waals surface area contributed by atoms with Crippen LogP contribution < -0.4 is 20.5 Å². The van der Waals surface area contributed by atoms with Crippen LogP contribution in [-0.4, -0.2) is 59.8 Å². The van der Waals surface area contributed by atoms with Gasteiger partial charge in [-0.05, 0) is 49.2 Å². The second kappa shape index (κ2) is 9.03. The van der Waals surface area contributed by atoms with Gasteiger partial charge in [-0.1, -0.05) is 0 Å². The molecule has 5 rings (SSSR count). The van der Waals surface area contributed by atoms with Gasteiger partial charge in [0.15, 0.2) is 0 Å². The third-order valence-corrected chi connectivity index (χ3v) is 6.50. The first kappa shape index (κ1) is 22.9. The minimum Gasteiger partial charge on any atom is -0.497 e. The Balaban J connectivity index is 1.34. The van der Waals surface area contributed by atoms with E-state index in [0.29, 0.717) is 48.7 Å². The highest BCUT2D eigenvalue weighted by atomic mass is 19.1. The SMILES string of the molecule is COc1ccc(C(=O)NN2CCN(c3cc4c(cc3F)c(=O)c(C(=O)O)cn4C3CC3)CC2)cc1. The van der Waals surface area contributed by atoms with Gasteiger partial charge in [0.2, 0.25) is 5.43 Å². The number of aromatic carboxylic acids is 1. The van der Waals surface area contributed by atoms with Crippen molar-refractivity contribution in [1.82, 2.24) is 15.0 Å². The smallest absolute Gasteiger partial charge is 0.341 e. The average Bonchev–Trinajstić information content (AvgIpc) is 3.70. The van der Waals surface area contributed by atoms with E-state index in [4.69, 9.17) is 4.74 Å². The Labute approximate surface area is 200 Å². The number of fused-ring (bicyclic) bond motifs is 1. The van der Waals surface area contributed by atoms with Gasteiger partial charge < -0.3 is 19.3 Å². The number of carboxylic acid groups (broad SMARTS) is 1. The van der Waals surface area contributed by atoms with Crippen LogP contribution >= 0.6 is 0 Å². The average molecular weight is 480 g/mol. The molecule has 9 nitrogen and oxygen atoms in total. The quantitative estimate of drug-likeness (QED) is 0.559. The lowest BCUT2D eigenvalue weighted by Crippen LogP contribution is -2.53. The van der Waals surface area contributed by atoms with Gasteiger partial charge in [-0.2, -0.15) is 0 Å². The summed E-state index contributed by atoms with van der Waals surface area (Å²) < 4.78 is 22.0. The highest BCUT2D eigenvalue weighted by molar-refractivity contribution is 5.94. The van der Waals surface area contributed by atoms with Crippen molar-refractivity contribution in [2.45, 2.75) is 18.9 Å². The number of hydrogen-bond donors (Lipinski definition) is 2. The van der Waals surface area contributed by atoms with Gasteiger partial charge in [0.1, 0.15) is 17.1 Å². The summed E-state index contributed by atoms with van der Waals surface area (Å²) in [4.78, 5) is 38.6. The van der Waals surface area contributed by atoms with Gasteiger partial charge in [0, 0.05) is 49.4 Å². The van der Waals surface area contributed by atoms with Gasteiger partial charge in [-0.3, -0.25) is 15.0 Å². The van der Waals surface area contributed by atoms with Crippen LogP contribution in [0.3, 0.4) is 0 Å². The molecule has 0 atom stereocenters. The zero-order chi connectivity index (χ0) is 24.7. The molecular formula is C25H25FN4O5. The highest BCUT2D eigenvalue weighted by Crippen LogP contribution is 2.38. The minimum absolute atomic E-state index is 0.0726. The third kappa shape index (κ3) is 4.44. The number of amides is 1. The second-order valence-corrected chi connectivity index (χ2v) is 8.78. The largest absolute Gasteiger partial charge is 0.497 e. The number of pyridine rings is 1. The lowest BCUT2D eigenvalue weighted by atomic mass is 10.1. The number of nitrogens with one attached hydrogen (secondary N) is 1. The maximum atomic E-state index is 15.1. The van der Waals surface area contributed by atoms with Gasteiger partial charge in [0.25, 0.3) is 5.91 Å². The van der Waals surface area contributed by atoms with E-state index in [1.54, 1.807) is 47.0 Å². The molecule has 0 radical (unpaired) electrons. The monoisotopic (exact) mass is 480 g/mol. The molecule has 2 aromatic carbocycles. The molecule has 1 saturated heterocycles. The van der Waals surface area contributed by atoms with E-state index < -0.39 is 17.2 Å². The summed E-state index contributed by atoms with van der Waals surface area (Å²) >= 11 is 0. The summed E-state index contributed by atoms with van der Waals surface area (Å²) in [5.41, 5.74) is 3.25. The van der Waals surface area contributed by atoms with Crippen LogP contribution in [0, 0.1) is 5.82 Å². The Kier molecular flexibility index (Phi) is 5.89. The van der Waals surface area contributed by atoms with E-state index in [0.717, 1.165) is 18.9 Å². The first-order valence-electron chi connectivity index (χ1n) is 11.4. The number of methoxy groups -OCH3 is 1. The number of hydrogen-bond acceptors (Lipinski definition) is 6. The molecule has 1 saturated carbocycles. The lowest BCUT2D eigenvalue weighted by molar-refractivity contribution is 0.0694. The Morgan fingerprint density at radius 1 is 1.09 bits per heavy atom. The molecule has 2 aliphatic rings. The first-order chi connectivity index (χ1) is 16.9. The van der Waals surface area contributed by atoms with E-state index in [1.807, 2.05) is 4.90 Å². The van der Waals surface area contributed by atoms with Crippen molar-refractivity contribution < 1.29 is 23.8 Å². The van der Waals surface area contributed by atoms with Gasteiger partial charge in [-0.25, -0.2) is 14.2 Å². The van der Waals surface area contributed by atoms with Crippen molar-refractivity contribution >= 4 is 28.5 Å². The van der Waals surface area contributed by atoms with Crippen LogP contribution in [0.15, 0.2) is 47.4 Å². The van der Waals surface area contributed by atoms with Crippen molar-refractivity contribution in [2.75, 3.05) is 38.2 Å². The molecular weight excluding hydrogens is 455 g/mol. The number of nitrogens with zero attached hydrogens (tertiary/aromatic N) is 3. The number of rotatable bonds is 6. The second-order valence-electron chi connectivity index (χ2n) is 8.78. The molecule has 35 heavy (non-hydrogen) atoms. The normalized spacial score (nSPS) is 16.3. The van der Waals surface area contributed by atoms with Crippen LogP contribution in [0.1, 0.15) is 39.6 Å². The number of ether oxygens (including phenoxy) is 1. The summed E-state index contributed by atoms with van der Waals surface area (Å²) in [6.45, 7) is 1.89. The Bertz CT molecular complexity index is 1360. The predicted molar refractivity (Wildman–Crippen MR) is 128 cm³/mol. The fraction of sp³-hybridized carbons (Fsp3) is 0.320. The summed E-state index contributed by atoms with van der Waals surface area (Å²) in [6, 6.07) is 9.71. The molecule has 2 N–H and O–H groups in total. The number of carbonyl (C=O) groups excluding carboxylic acids is 1. The maximum Gasteiger partial charge on any atom is 0.341 e. The zero-order valence-corrected chi connectivity index (χ0v) is 19.2. The molecule has 10 heteroatoms. The number of carbonyl (C=O) groups is 2. The minimum atomic E-state index is -1.32. The number of hydrazine groups is 1. The number of benzene rings is 2. The Morgan fingerprint density at radius 3 is 2.37 bits per heavy atom. The molecule has 182 valence electrons. The predicted octanol–water partition coefficient (Wildman–Crippen LogP) is 2.65. The van der Waals surface area contributed by atoms with E-state index in [-0.39, 0.29) is 22.9 Å². The molecule has 0 unspecified atom stereocenters. The van der Waals surface area contributed by atoms with Crippen molar-refractivity contribution in [2.24, 2.45) is 0 Å². The number of anilines is 1. The topological polar surface area (TPSA) is 104 Å². The molecule has 1 aliphatic heterocycles. The summed E-state index contributed by atoms with van der Waals surface area (Å²) in [6.07, 6.45) is 3.14. The Hall–Kier alpha value is -3.92. The van der Waals surface area contributed by atoms with Crippen molar-refractivity contribution in [3.63, 3.8) is 0 Å². The van der Waals surface area contributed by atoms with E-state index in [9.17, 15) is 19.5 Å². The molecule has 1 amide bonds. The molecule has 2 heterocycles. The first-order valence-corrected chi connectivity index (χ1v) is 11.4. The van der Waals surface area contributed by atoms with Crippen molar-refractivity contribution in [3.8, 4) is 5.75 Å². The van der Waals surface area contributed by atoms with Crippen LogP contribution in [-0.2, 0) is 0 Å². The number of halogens is 1. The summed E-state index contributed by atoms with van der Waals surface area (Å²) in [5.74, 6) is -1.46. The van der Waals surface area contributed by atoms with Crippen molar-refractivity contribution in [1.29, 1.82) is 0 Å². The van der Waals surface area contributed by atoms with Crippen molar-refractivity contribution in [3.05, 3.63) is 69.8 Å². The summed E-state index contributed by atoms with van der Waals surface area (Å²) in [5, 5.41) is 11.3. The van der Waals surface area contributed by atoms with Crippen LogP contribution in [0.4, 0.5) is 10.1 Å². The number of piperazine rings is 1. The molecule has 0 bridgehead atoms. The van der Waals surface area contributed by atoms with Crippen LogP contribution in [0.5, 0.6) is 5.75 Å². The van der Waals surface area contributed by atoms with Gasteiger partial charge in [-0.15, -0.1) is 0 Å². The molecule has 2 fully saturated rings. The molecule has 3 aromatic rings. The third-order valence-electron chi connectivity index (χ3n) is 6.50. The van der Waals surface area contributed by atoms with Gasteiger partial charge in [0.05, 0.1) is 18.3 Å². The van der Waals surface area contributed by atoms with Gasteiger partial charge >= 0.3 is 5.97 Å². The van der Waals surface area contributed by atoms with E-state index >= 15 is 4.39 Å². The van der Waals surface area contributed by atoms with E-state index in [2.05, 4.69) is 5.43 Å². The fourth-order valence-electron chi connectivity index (χ4n) is 4.42. The standard InChI is InChI=1S/C25H25FN4O5/c1-35-17-6-2-15(3-7-17)24(32)27-29-10-8-28(9-11-29)22-13-21-18(12-20(22)26)23(31)19(25(33)34)14-30(21)16-4-5-16/h2-3,6-7,12-14,16H,4-5,8-11H2,1H3,(H,27,32)(H,33,34). The maximum absolute atomic E-state index is 15.1. The molecule has 0 spiro atoms.